The fraction of sp³-hybridized carbons (Fsp3) is 0.211. The van der Waals surface area contributed by atoms with Gasteiger partial charge < -0.3 is 14.9 Å². The van der Waals surface area contributed by atoms with Gasteiger partial charge in [0.25, 0.3) is 5.69 Å². The predicted molar refractivity (Wildman–Crippen MR) is 101 cm³/mol. The highest BCUT2D eigenvalue weighted by Crippen LogP contribution is 2.32. The molecule has 0 spiro atoms. The number of hydrogen-bond acceptors (Lipinski definition) is 6. The number of aryl methyl sites for hydroxylation is 1. The van der Waals surface area contributed by atoms with Crippen LogP contribution in [0.25, 0.3) is 0 Å². The molecule has 1 aromatic heterocycles. The van der Waals surface area contributed by atoms with Crippen molar-refractivity contribution in [1.29, 1.82) is 0 Å². The summed E-state index contributed by atoms with van der Waals surface area (Å²) in [6.07, 6.45) is 0.525. The Kier molecular flexibility index (Phi) is 5.75. The number of ether oxygens (including phenoxy) is 1. The molecule has 1 atom stereocenters. The number of nitro benzene ring substituents is 1. The van der Waals surface area contributed by atoms with Crippen LogP contribution in [0.15, 0.2) is 60.8 Å². The molecule has 0 aliphatic heterocycles. The van der Waals surface area contributed by atoms with Gasteiger partial charge in [-0.05, 0) is 16.6 Å². The second kappa shape index (κ2) is 8.40. The Morgan fingerprint density at radius 3 is 2.39 bits per heavy atom. The summed E-state index contributed by atoms with van der Waals surface area (Å²) in [5.41, 5.74) is 1.14. The van der Waals surface area contributed by atoms with Crippen LogP contribution in [0.4, 0.5) is 11.5 Å². The Bertz CT molecular complexity index is 987. The molecule has 9 heteroatoms. The first-order valence-corrected chi connectivity index (χ1v) is 8.55. The summed E-state index contributed by atoms with van der Waals surface area (Å²) in [5, 5.41) is 22.6. The summed E-state index contributed by atoms with van der Waals surface area (Å²) in [6.45, 7) is 1.99. The smallest absolute Gasteiger partial charge is 0.342 e. The molecule has 28 heavy (non-hydrogen) atoms. The minimum Gasteiger partial charge on any atom is -0.364 e. The number of benzene rings is 2. The third-order valence-electron chi connectivity index (χ3n) is 4.34. The van der Waals surface area contributed by atoms with E-state index in [-0.39, 0.29) is 24.7 Å². The summed E-state index contributed by atoms with van der Waals surface area (Å²) >= 11 is 0. The molecule has 1 heterocycles. The van der Waals surface area contributed by atoms with Crippen LogP contribution >= 0.6 is 0 Å². The molecule has 3 rings (SSSR count). The van der Waals surface area contributed by atoms with Crippen LogP contribution in [0, 0.1) is 27.2 Å². The maximum atomic E-state index is 11.4. The van der Waals surface area contributed by atoms with Gasteiger partial charge in [0.2, 0.25) is 0 Å². The first-order valence-electron chi connectivity index (χ1n) is 8.55. The highest BCUT2D eigenvalue weighted by Gasteiger charge is 2.25. The zero-order chi connectivity index (χ0) is 20.1. The van der Waals surface area contributed by atoms with E-state index >= 15 is 0 Å². The van der Waals surface area contributed by atoms with E-state index in [1.54, 1.807) is 25.1 Å². The van der Waals surface area contributed by atoms with E-state index in [4.69, 9.17) is 4.74 Å². The second-order valence-electron chi connectivity index (χ2n) is 6.05. The molecule has 0 saturated carbocycles. The lowest BCUT2D eigenvalue weighted by atomic mass is 10.00. The summed E-state index contributed by atoms with van der Waals surface area (Å²) in [6, 6.07) is 15.5. The summed E-state index contributed by atoms with van der Waals surface area (Å²) < 4.78 is 7.44. The van der Waals surface area contributed by atoms with Crippen LogP contribution in [0.1, 0.15) is 23.1 Å². The number of hydrogen-bond donors (Lipinski definition) is 0. The van der Waals surface area contributed by atoms with E-state index < -0.39 is 16.0 Å². The molecule has 2 aromatic carbocycles. The van der Waals surface area contributed by atoms with E-state index in [1.165, 1.54) is 16.8 Å². The van der Waals surface area contributed by atoms with Gasteiger partial charge >= 0.3 is 5.82 Å². The summed E-state index contributed by atoms with van der Waals surface area (Å²) in [4.78, 5) is 25.6. The Morgan fingerprint density at radius 1 is 1.04 bits per heavy atom. The molecule has 144 valence electrons. The highest BCUT2D eigenvalue weighted by molar-refractivity contribution is 5.45. The zero-order valence-electron chi connectivity index (χ0n) is 15.1. The normalized spacial score (nSPS) is 11.9. The van der Waals surface area contributed by atoms with E-state index in [9.17, 15) is 20.2 Å². The number of nitrogens with zero attached hydrogens (tertiary/aromatic N) is 4. The quantitative estimate of drug-likeness (QED) is 0.432. The van der Waals surface area contributed by atoms with Crippen molar-refractivity contribution in [3.05, 3.63) is 98.0 Å². The lowest BCUT2D eigenvalue weighted by Crippen LogP contribution is -2.14. The van der Waals surface area contributed by atoms with Gasteiger partial charge in [-0.15, -0.1) is 0 Å². The van der Waals surface area contributed by atoms with Crippen molar-refractivity contribution in [3.63, 3.8) is 0 Å². The van der Waals surface area contributed by atoms with Crippen LogP contribution in [0.5, 0.6) is 0 Å². The third-order valence-corrected chi connectivity index (χ3v) is 4.34. The predicted octanol–water partition coefficient (Wildman–Crippen LogP) is 3.81. The highest BCUT2D eigenvalue weighted by atomic mass is 16.6. The van der Waals surface area contributed by atoms with Crippen molar-refractivity contribution in [2.45, 2.75) is 19.6 Å². The monoisotopic (exact) mass is 382 g/mol. The first-order chi connectivity index (χ1) is 13.5. The van der Waals surface area contributed by atoms with Crippen LogP contribution in [0.3, 0.4) is 0 Å². The van der Waals surface area contributed by atoms with Crippen molar-refractivity contribution in [2.75, 3.05) is 6.61 Å². The average molecular weight is 382 g/mol. The number of rotatable bonds is 8. The Labute approximate surface area is 160 Å². The van der Waals surface area contributed by atoms with Gasteiger partial charge in [-0.25, -0.2) is 9.55 Å². The van der Waals surface area contributed by atoms with Gasteiger partial charge in [0, 0.05) is 13.0 Å². The number of aromatic nitrogens is 2. The van der Waals surface area contributed by atoms with Gasteiger partial charge in [0.05, 0.1) is 17.1 Å². The molecule has 0 radical (unpaired) electrons. The lowest BCUT2D eigenvalue weighted by molar-refractivity contribution is -0.392. The molecule has 0 N–H and O–H groups in total. The molecule has 0 saturated heterocycles. The van der Waals surface area contributed by atoms with Crippen LogP contribution in [0.2, 0.25) is 0 Å². The minimum absolute atomic E-state index is 0.0406. The first kappa shape index (κ1) is 19.2. The van der Waals surface area contributed by atoms with Gasteiger partial charge in [-0.1, -0.05) is 42.5 Å². The molecule has 0 aliphatic rings. The Morgan fingerprint density at radius 2 is 1.71 bits per heavy atom. The van der Waals surface area contributed by atoms with Gasteiger partial charge in [0.15, 0.2) is 5.82 Å². The van der Waals surface area contributed by atoms with Crippen molar-refractivity contribution >= 4 is 11.5 Å². The third kappa shape index (κ3) is 4.04. The summed E-state index contributed by atoms with van der Waals surface area (Å²) in [5.74, 6) is 0.375. The SMILES string of the molecule is Cc1ncc([N+](=O)[O-])n1CCOC(c1ccccc1)c1ccccc1[N+](=O)[O-]. The maximum absolute atomic E-state index is 11.4. The average Bonchev–Trinajstić information content (AvgIpc) is 3.07. The molecule has 9 nitrogen and oxygen atoms in total. The van der Waals surface area contributed by atoms with Gasteiger partial charge in [-0.2, -0.15) is 0 Å². The molecule has 0 amide bonds. The molecule has 0 fully saturated rings. The maximum Gasteiger partial charge on any atom is 0.342 e. The number of imidazole rings is 1. The van der Waals surface area contributed by atoms with E-state index in [2.05, 4.69) is 4.98 Å². The molecule has 0 bridgehead atoms. The van der Waals surface area contributed by atoms with Crippen LogP contribution < -0.4 is 0 Å². The standard InChI is InChI=1S/C19H18N4O5/c1-14-20-13-18(23(26)27)21(14)11-12-28-19(15-7-3-2-4-8-15)16-9-5-6-10-17(16)22(24)25/h2-10,13,19H,11-12H2,1H3. The molecular weight excluding hydrogens is 364 g/mol. The largest absolute Gasteiger partial charge is 0.364 e. The Balaban J connectivity index is 1.87. The van der Waals surface area contributed by atoms with Gasteiger partial charge in [-0.3, -0.25) is 10.1 Å². The fourth-order valence-electron chi connectivity index (χ4n) is 3.01. The van der Waals surface area contributed by atoms with E-state index in [0.717, 1.165) is 5.56 Å². The number of para-hydroxylation sites is 1. The zero-order valence-corrected chi connectivity index (χ0v) is 15.1. The Hall–Kier alpha value is -3.59. The van der Waals surface area contributed by atoms with Crippen molar-refractivity contribution in [3.8, 4) is 0 Å². The lowest BCUT2D eigenvalue weighted by Gasteiger charge is -2.18. The van der Waals surface area contributed by atoms with Crippen molar-refractivity contribution in [1.82, 2.24) is 9.55 Å². The van der Waals surface area contributed by atoms with Crippen LogP contribution in [-0.2, 0) is 11.3 Å². The molecule has 1 unspecified atom stereocenters. The fourth-order valence-corrected chi connectivity index (χ4v) is 3.01. The number of nitro groups is 2. The molecule has 0 aliphatic carbocycles. The van der Waals surface area contributed by atoms with E-state index in [0.29, 0.717) is 11.4 Å². The van der Waals surface area contributed by atoms with E-state index in [1.807, 2.05) is 30.3 Å². The second-order valence-corrected chi connectivity index (χ2v) is 6.05. The topological polar surface area (TPSA) is 113 Å². The molecular formula is C19H18N4O5. The summed E-state index contributed by atoms with van der Waals surface area (Å²) in [7, 11) is 0. The molecule has 3 aromatic rings. The van der Waals surface area contributed by atoms with Crippen molar-refractivity contribution < 1.29 is 14.6 Å². The minimum atomic E-state index is -0.675. The van der Waals surface area contributed by atoms with Crippen molar-refractivity contribution in [2.24, 2.45) is 0 Å². The van der Waals surface area contributed by atoms with Gasteiger partial charge in [0.1, 0.15) is 18.8 Å². The van der Waals surface area contributed by atoms with Crippen LogP contribution in [-0.4, -0.2) is 26.0 Å².